The first kappa shape index (κ1) is 17.0. The van der Waals surface area contributed by atoms with Gasteiger partial charge in [0, 0.05) is 25.4 Å². The quantitative estimate of drug-likeness (QED) is 0.811. The summed E-state index contributed by atoms with van der Waals surface area (Å²) in [5.74, 6) is 3.24. The van der Waals surface area contributed by atoms with E-state index in [1.807, 2.05) is 0 Å². The summed E-state index contributed by atoms with van der Waals surface area (Å²) >= 11 is 0. The molecule has 1 aromatic heterocycles. The molecule has 5 heteroatoms. The average Bonchev–Trinajstić information content (AvgIpc) is 3.34. The molecule has 25 heavy (non-hydrogen) atoms. The van der Waals surface area contributed by atoms with Crippen molar-refractivity contribution in [1.29, 1.82) is 0 Å². The van der Waals surface area contributed by atoms with Crippen LogP contribution in [-0.4, -0.2) is 34.1 Å². The molecule has 3 aliphatic rings. The van der Waals surface area contributed by atoms with Crippen molar-refractivity contribution in [3.05, 3.63) is 11.8 Å². The molecule has 0 N–H and O–H groups in total. The van der Waals surface area contributed by atoms with E-state index in [4.69, 9.17) is 4.42 Å². The number of nitrogens with zero attached hydrogens (tertiary/aromatic N) is 3. The van der Waals surface area contributed by atoms with Crippen molar-refractivity contribution in [3.63, 3.8) is 0 Å². The third kappa shape index (κ3) is 4.06. The van der Waals surface area contributed by atoms with Crippen LogP contribution in [-0.2, 0) is 4.79 Å². The van der Waals surface area contributed by atoms with Crippen LogP contribution in [0.25, 0.3) is 0 Å². The Bertz CT molecular complexity index is 573. The van der Waals surface area contributed by atoms with Gasteiger partial charge < -0.3 is 9.32 Å². The molecule has 0 aromatic carbocycles. The van der Waals surface area contributed by atoms with E-state index in [-0.39, 0.29) is 5.92 Å². The molecule has 138 valence electrons. The minimum atomic E-state index is 0.228. The van der Waals surface area contributed by atoms with Gasteiger partial charge in [-0.25, -0.2) is 0 Å². The number of aromatic nitrogens is 2. The molecule has 1 atom stereocenters. The summed E-state index contributed by atoms with van der Waals surface area (Å²) in [4.78, 5) is 14.7. The average molecular weight is 345 g/mol. The maximum absolute atomic E-state index is 12.6. The number of piperidine rings is 1. The largest absolute Gasteiger partial charge is 0.425 e. The highest BCUT2D eigenvalue weighted by Crippen LogP contribution is 2.34. The summed E-state index contributed by atoms with van der Waals surface area (Å²) in [5, 5.41) is 8.71. The Hall–Kier alpha value is -1.39. The van der Waals surface area contributed by atoms with Gasteiger partial charge in [-0.05, 0) is 44.4 Å². The molecule has 2 heterocycles. The molecular weight excluding hydrogens is 314 g/mol. The highest BCUT2D eigenvalue weighted by molar-refractivity contribution is 5.76. The van der Waals surface area contributed by atoms with Crippen molar-refractivity contribution in [3.8, 4) is 0 Å². The van der Waals surface area contributed by atoms with E-state index in [9.17, 15) is 4.79 Å². The third-order valence-electron chi connectivity index (χ3n) is 6.47. The topological polar surface area (TPSA) is 59.2 Å². The fourth-order valence-corrected chi connectivity index (χ4v) is 4.92. The second-order valence-electron chi connectivity index (χ2n) is 8.35. The summed E-state index contributed by atoms with van der Waals surface area (Å²) < 4.78 is 6.06. The monoisotopic (exact) mass is 345 g/mol. The molecule has 1 aliphatic heterocycles. The molecule has 1 aromatic rings. The minimum Gasteiger partial charge on any atom is -0.425 e. The molecule has 1 saturated heterocycles. The van der Waals surface area contributed by atoms with Crippen LogP contribution >= 0.6 is 0 Å². The Labute approximate surface area is 150 Å². The molecule has 0 spiro atoms. The third-order valence-corrected chi connectivity index (χ3v) is 6.47. The first-order valence-electron chi connectivity index (χ1n) is 10.4. The van der Waals surface area contributed by atoms with E-state index < -0.39 is 0 Å². The Kier molecular flexibility index (Phi) is 5.37. The molecule has 0 radical (unpaired) electrons. The van der Waals surface area contributed by atoms with E-state index in [1.165, 1.54) is 57.8 Å². The van der Waals surface area contributed by atoms with Gasteiger partial charge in [0.05, 0.1) is 5.92 Å². The van der Waals surface area contributed by atoms with Gasteiger partial charge in [-0.3, -0.25) is 4.79 Å². The number of rotatable bonds is 4. The summed E-state index contributed by atoms with van der Waals surface area (Å²) in [6.07, 6.45) is 14.1. The normalized spacial score (nSPS) is 26.2. The number of amides is 1. The van der Waals surface area contributed by atoms with Crippen molar-refractivity contribution < 1.29 is 9.21 Å². The summed E-state index contributed by atoms with van der Waals surface area (Å²) in [6.45, 7) is 1.66. The maximum Gasteiger partial charge on any atom is 0.222 e. The van der Waals surface area contributed by atoms with Crippen LogP contribution in [0, 0.1) is 5.92 Å². The van der Waals surface area contributed by atoms with Crippen LogP contribution < -0.4 is 0 Å². The van der Waals surface area contributed by atoms with E-state index >= 15 is 0 Å². The van der Waals surface area contributed by atoms with Crippen molar-refractivity contribution in [2.24, 2.45) is 5.92 Å². The lowest BCUT2D eigenvalue weighted by atomic mass is 9.89. The van der Waals surface area contributed by atoms with Gasteiger partial charge in [-0.2, -0.15) is 0 Å². The summed E-state index contributed by atoms with van der Waals surface area (Å²) in [6, 6.07) is 0. The molecule has 1 unspecified atom stereocenters. The number of likely N-dealkylation sites (tertiary alicyclic amines) is 1. The van der Waals surface area contributed by atoms with Crippen molar-refractivity contribution in [1.82, 2.24) is 15.1 Å². The molecular formula is C20H31N3O2. The van der Waals surface area contributed by atoms with Gasteiger partial charge in [0.1, 0.15) is 0 Å². The predicted molar refractivity (Wildman–Crippen MR) is 95.3 cm³/mol. The highest BCUT2D eigenvalue weighted by Gasteiger charge is 2.31. The van der Waals surface area contributed by atoms with Crippen LogP contribution in [0.1, 0.15) is 101 Å². The molecule has 2 aliphatic carbocycles. The molecule has 1 amide bonds. The van der Waals surface area contributed by atoms with Crippen LogP contribution in [0.15, 0.2) is 4.42 Å². The molecule has 0 bridgehead atoms. The SMILES string of the molecule is O=C(CC1CCCC1)N1CCCC(c2nnc(C3CCCCC3)o2)C1. The van der Waals surface area contributed by atoms with Crippen LogP contribution in [0.5, 0.6) is 0 Å². The second-order valence-corrected chi connectivity index (χ2v) is 8.35. The lowest BCUT2D eigenvalue weighted by molar-refractivity contribution is -0.133. The zero-order valence-corrected chi connectivity index (χ0v) is 15.3. The number of hydrogen-bond acceptors (Lipinski definition) is 4. The lowest BCUT2D eigenvalue weighted by Crippen LogP contribution is -2.39. The first-order valence-corrected chi connectivity index (χ1v) is 10.4. The van der Waals surface area contributed by atoms with Gasteiger partial charge in [0.15, 0.2) is 0 Å². The smallest absolute Gasteiger partial charge is 0.222 e. The van der Waals surface area contributed by atoms with E-state index in [1.54, 1.807) is 0 Å². The van der Waals surface area contributed by atoms with Crippen LogP contribution in [0.3, 0.4) is 0 Å². The first-order chi connectivity index (χ1) is 12.3. The molecule has 3 fully saturated rings. The summed E-state index contributed by atoms with van der Waals surface area (Å²) in [5.41, 5.74) is 0. The van der Waals surface area contributed by atoms with Gasteiger partial charge in [-0.15, -0.1) is 10.2 Å². The number of carbonyl (C=O) groups is 1. The van der Waals surface area contributed by atoms with Gasteiger partial charge in [0.2, 0.25) is 17.7 Å². The maximum atomic E-state index is 12.6. The van der Waals surface area contributed by atoms with Crippen LogP contribution in [0.4, 0.5) is 0 Å². The standard InChI is InChI=1S/C20H31N3O2/c24-18(13-15-7-4-5-8-15)23-12-6-11-17(14-23)20-22-21-19(25-20)16-9-2-1-3-10-16/h15-17H,1-14H2. The lowest BCUT2D eigenvalue weighted by Gasteiger charge is -2.32. The Balaban J connectivity index is 1.35. The van der Waals surface area contributed by atoms with E-state index in [2.05, 4.69) is 15.1 Å². The molecule has 2 saturated carbocycles. The minimum absolute atomic E-state index is 0.228. The van der Waals surface area contributed by atoms with Crippen molar-refractivity contribution >= 4 is 5.91 Å². The fraction of sp³-hybridized carbons (Fsp3) is 0.850. The number of carbonyl (C=O) groups excluding carboxylic acids is 1. The Morgan fingerprint density at radius 3 is 2.28 bits per heavy atom. The Morgan fingerprint density at radius 2 is 1.52 bits per heavy atom. The number of hydrogen-bond donors (Lipinski definition) is 0. The predicted octanol–water partition coefficient (Wildman–Crippen LogP) is 4.40. The zero-order valence-electron chi connectivity index (χ0n) is 15.3. The van der Waals surface area contributed by atoms with Gasteiger partial charge >= 0.3 is 0 Å². The zero-order chi connectivity index (χ0) is 17.1. The van der Waals surface area contributed by atoms with Crippen LogP contribution in [0.2, 0.25) is 0 Å². The van der Waals surface area contributed by atoms with Gasteiger partial charge in [-0.1, -0.05) is 32.1 Å². The second kappa shape index (κ2) is 7.88. The Morgan fingerprint density at radius 1 is 0.880 bits per heavy atom. The van der Waals surface area contributed by atoms with E-state index in [0.717, 1.165) is 44.1 Å². The van der Waals surface area contributed by atoms with E-state index in [0.29, 0.717) is 17.7 Å². The van der Waals surface area contributed by atoms with Gasteiger partial charge in [0.25, 0.3) is 0 Å². The fourth-order valence-electron chi connectivity index (χ4n) is 4.92. The van der Waals surface area contributed by atoms with Crippen molar-refractivity contribution in [2.75, 3.05) is 13.1 Å². The molecule has 5 nitrogen and oxygen atoms in total. The van der Waals surface area contributed by atoms with Crippen molar-refractivity contribution in [2.45, 2.75) is 88.9 Å². The molecule has 4 rings (SSSR count). The summed E-state index contributed by atoms with van der Waals surface area (Å²) in [7, 11) is 0. The highest BCUT2D eigenvalue weighted by atomic mass is 16.4.